The first-order valence-corrected chi connectivity index (χ1v) is 5.98. The third kappa shape index (κ3) is 3.52. The van der Waals surface area contributed by atoms with E-state index in [0.29, 0.717) is 12.4 Å². The number of ether oxygens (including phenoxy) is 1. The van der Waals surface area contributed by atoms with Crippen LogP contribution in [0, 0.1) is 5.82 Å². The van der Waals surface area contributed by atoms with E-state index in [1.54, 1.807) is 0 Å². The molecule has 0 N–H and O–H groups in total. The Balaban J connectivity index is 2.46. The number of hydrogen-bond donors (Lipinski definition) is 0. The Labute approximate surface area is 121 Å². The lowest BCUT2D eigenvalue weighted by atomic mass is 10.1. The summed E-state index contributed by atoms with van der Waals surface area (Å²) in [5, 5.41) is -0.164. The molecule has 0 aromatic heterocycles. The molecule has 0 heterocycles. The Bertz CT molecular complexity index is 683. The fraction of sp³-hybridized carbons (Fsp3) is 0.0714. The molecule has 0 aliphatic heterocycles. The van der Waals surface area contributed by atoms with E-state index < -0.39 is 23.3 Å². The van der Waals surface area contributed by atoms with E-state index in [2.05, 4.69) is 0 Å². The lowest BCUT2D eigenvalue weighted by Gasteiger charge is -2.14. The Hall–Kier alpha value is -2.08. The van der Waals surface area contributed by atoms with Crippen LogP contribution in [0.15, 0.2) is 36.4 Å². The fourth-order valence-electron chi connectivity index (χ4n) is 1.61. The van der Waals surface area contributed by atoms with Gasteiger partial charge in [-0.2, -0.15) is 13.2 Å². The first kappa shape index (κ1) is 15.3. The Morgan fingerprint density at radius 3 is 2.29 bits per heavy atom. The summed E-state index contributed by atoms with van der Waals surface area (Å²) in [6, 6.07) is 5.89. The zero-order valence-corrected chi connectivity index (χ0v) is 11.0. The first-order chi connectivity index (χ1) is 9.81. The highest BCUT2D eigenvalue weighted by molar-refractivity contribution is 6.32. The highest BCUT2D eigenvalue weighted by Crippen LogP contribution is 2.40. The van der Waals surface area contributed by atoms with Crippen molar-refractivity contribution in [2.45, 2.75) is 6.18 Å². The second-order valence-corrected chi connectivity index (χ2v) is 4.46. The van der Waals surface area contributed by atoms with Crippen molar-refractivity contribution >= 4 is 17.9 Å². The first-order valence-electron chi connectivity index (χ1n) is 5.60. The normalized spacial score (nSPS) is 11.3. The van der Waals surface area contributed by atoms with Gasteiger partial charge in [0.25, 0.3) is 0 Å². The monoisotopic (exact) mass is 318 g/mol. The van der Waals surface area contributed by atoms with Crippen molar-refractivity contribution in [3.63, 3.8) is 0 Å². The van der Waals surface area contributed by atoms with Gasteiger partial charge in [0.1, 0.15) is 23.6 Å². The van der Waals surface area contributed by atoms with Crippen molar-refractivity contribution in [1.29, 1.82) is 0 Å². The van der Waals surface area contributed by atoms with Crippen LogP contribution in [0.3, 0.4) is 0 Å². The molecule has 2 aromatic carbocycles. The maximum atomic E-state index is 12.9. The quantitative estimate of drug-likeness (QED) is 0.581. The SMILES string of the molecule is O=Cc1ccc(Oc2ccc(F)cc2Cl)c(C(F)(F)F)c1. The number of hydrogen-bond acceptors (Lipinski definition) is 2. The number of rotatable bonds is 3. The number of benzene rings is 2. The van der Waals surface area contributed by atoms with Crippen LogP contribution in [0.25, 0.3) is 0 Å². The van der Waals surface area contributed by atoms with E-state index in [-0.39, 0.29) is 16.3 Å². The summed E-state index contributed by atoms with van der Waals surface area (Å²) in [7, 11) is 0. The molecule has 0 saturated carbocycles. The maximum absolute atomic E-state index is 12.9. The van der Waals surface area contributed by atoms with E-state index in [0.717, 1.165) is 24.3 Å². The number of alkyl halides is 3. The van der Waals surface area contributed by atoms with Gasteiger partial charge in [0, 0.05) is 5.56 Å². The van der Waals surface area contributed by atoms with E-state index in [4.69, 9.17) is 16.3 Å². The van der Waals surface area contributed by atoms with Crippen LogP contribution in [0.2, 0.25) is 5.02 Å². The molecule has 0 saturated heterocycles. The van der Waals surface area contributed by atoms with Gasteiger partial charge < -0.3 is 4.74 Å². The largest absolute Gasteiger partial charge is 0.455 e. The Morgan fingerprint density at radius 2 is 1.71 bits per heavy atom. The molecule has 0 spiro atoms. The molecule has 2 aromatic rings. The molecule has 7 heteroatoms. The summed E-state index contributed by atoms with van der Waals surface area (Å²) in [4.78, 5) is 10.6. The zero-order valence-electron chi connectivity index (χ0n) is 10.2. The fourth-order valence-corrected chi connectivity index (χ4v) is 1.81. The van der Waals surface area contributed by atoms with Crippen LogP contribution in [0.4, 0.5) is 17.6 Å². The third-order valence-corrected chi connectivity index (χ3v) is 2.85. The molecular weight excluding hydrogens is 312 g/mol. The lowest BCUT2D eigenvalue weighted by molar-refractivity contribution is -0.138. The summed E-state index contributed by atoms with van der Waals surface area (Å²) in [6.07, 6.45) is -4.41. The lowest BCUT2D eigenvalue weighted by Crippen LogP contribution is -2.08. The van der Waals surface area contributed by atoms with Crippen LogP contribution in [-0.4, -0.2) is 6.29 Å². The minimum atomic E-state index is -4.71. The summed E-state index contributed by atoms with van der Waals surface area (Å²) >= 11 is 5.70. The van der Waals surface area contributed by atoms with Gasteiger partial charge in [-0.1, -0.05) is 11.6 Å². The van der Waals surface area contributed by atoms with Crippen LogP contribution < -0.4 is 4.74 Å². The van der Waals surface area contributed by atoms with Gasteiger partial charge >= 0.3 is 6.18 Å². The molecule has 0 aliphatic carbocycles. The van der Waals surface area contributed by atoms with Crippen LogP contribution in [-0.2, 0) is 6.18 Å². The van der Waals surface area contributed by atoms with Crippen LogP contribution in [0.5, 0.6) is 11.5 Å². The van der Waals surface area contributed by atoms with Crippen molar-refractivity contribution in [3.8, 4) is 11.5 Å². The molecular formula is C14H7ClF4O2. The molecule has 0 bridgehead atoms. The van der Waals surface area contributed by atoms with Gasteiger partial charge in [-0.05, 0) is 36.4 Å². The van der Waals surface area contributed by atoms with E-state index >= 15 is 0 Å². The molecule has 0 amide bonds. The van der Waals surface area contributed by atoms with Crippen molar-refractivity contribution in [3.05, 3.63) is 58.4 Å². The van der Waals surface area contributed by atoms with Crippen molar-refractivity contribution in [2.75, 3.05) is 0 Å². The molecule has 21 heavy (non-hydrogen) atoms. The topological polar surface area (TPSA) is 26.3 Å². The summed E-state index contributed by atoms with van der Waals surface area (Å²) in [5.41, 5.74) is -1.26. The molecule has 0 aliphatic rings. The van der Waals surface area contributed by atoms with E-state index in [9.17, 15) is 22.4 Å². The van der Waals surface area contributed by atoms with Crippen molar-refractivity contribution in [1.82, 2.24) is 0 Å². The minimum absolute atomic E-state index is 0.123. The molecule has 0 unspecified atom stereocenters. The minimum Gasteiger partial charge on any atom is -0.455 e. The standard InChI is InChI=1S/C14H7ClF4O2/c15-11-6-9(16)2-4-13(11)21-12-3-1-8(7-20)5-10(12)14(17,18)19/h1-7H. The van der Waals surface area contributed by atoms with E-state index in [1.807, 2.05) is 0 Å². The number of carbonyl (C=O) groups excluding carboxylic acids is 1. The summed E-state index contributed by atoms with van der Waals surface area (Å²) < 4.78 is 56.8. The second kappa shape index (κ2) is 5.73. The smallest absolute Gasteiger partial charge is 0.420 e. The van der Waals surface area contributed by atoms with Gasteiger partial charge in [-0.3, -0.25) is 4.79 Å². The van der Waals surface area contributed by atoms with Crippen molar-refractivity contribution in [2.24, 2.45) is 0 Å². The average molecular weight is 319 g/mol. The number of carbonyl (C=O) groups is 1. The Kier molecular flexibility index (Phi) is 4.18. The van der Waals surface area contributed by atoms with Crippen LogP contribution in [0.1, 0.15) is 15.9 Å². The van der Waals surface area contributed by atoms with Crippen molar-refractivity contribution < 1.29 is 27.1 Å². The molecule has 0 atom stereocenters. The number of halogens is 5. The van der Waals surface area contributed by atoms with Crippen LogP contribution >= 0.6 is 11.6 Å². The maximum Gasteiger partial charge on any atom is 0.420 e. The summed E-state index contributed by atoms with van der Waals surface area (Å²) in [5.74, 6) is -1.29. The van der Waals surface area contributed by atoms with E-state index in [1.165, 1.54) is 6.07 Å². The molecule has 0 fully saturated rings. The average Bonchev–Trinajstić information content (AvgIpc) is 2.41. The molecule has 0 radical (unpaired) electrons. The van der Waals surface area contributed by atoms with Gasteiger partial charge in [0.2, 0.25) is 0 Å². The second-order valence-electron chi connectivity index (χ2n) is 4.05. The highest BCUT2D eigenvalue weighted by atomic mass is 35.5. The predicted molar refractivity (Wildman–Crippen MR) is 68.3 cm³/mol. The Morgan fingerprint density at radius 1 is 1.05 bits per heavy atom. The number of aldehydes is 1. The van der Waals surface area contributed by atoms with Gasteiger partial charge in [-0.25, -0.2) is 4.39 Å². The third-order valence-electron chi connectivity index (χ3n) is 2.56. The highest BCUT2D eigenvalue weighted by Gasteiger charge is 2.35. The summed E-state index contributed by atoms with van der Waals surface area (Å²) in [6.45, 7) is 0. The predicted octanol–water partition coefficient (Wildman–Crippen LogP) is 5.10. The molecule has 2 nitrogen and oxygen atoms in total. The van der Waals surface area contributed by atoms with Gasteiger partial charge in [-0.15, -0.1) is 0 Å². The van der Waals surface area contributed by atoms with Gasteiger partial charge in [0.15, 0.2) is 0 Å². The van der Waals surface area contributed by atoms with Gasteiger partial charge in [0.05, 0.1) is 10.6 Å². The zero-order chi connectivity index (χ0) is 15.6. The molecule has 2 rings (SSSR count). The molecule has 110 valence electrons.